The fourth-order valence-electron chi connectivity index (χ4n) is 9.41. The average Bonchev–Trinajstić information content (AvgIpc) is 3.42. The number of likely N-dealkylation sites (tertiary alicyclic amines) is 2. The van der Waals surface area contributed by atoms with Crippen LogP contribution in [0, 0.1) is 0 Å². The molecule has 2 saturated heterocycles. The molecule has 408 valence electrons. The fraction of sp³-hybridized carbons (Fsp3) is 0.403. The number of para-hydroxylation sites is 2. The highest BCUT2D eigenvalue weighted by Crippen LogP contribution is 2.40. The van der Waals surface area contributed by atoms with Crippen molar-refractivity contribution in [1.82, 2.24) is 19.8 Å². The molecule has 15 heteroatoms. The van der Waals surface area contributed by atoms with Crippen LogP contribution in [0.1, 0.15) is 138 Å². The first-order valence-electron chi connectivity index (χ1n) is 26.5. The van der Waals surface area contributed by atoms with Gasteiger partial charge >= 0.3 is 18.2 Å². The van der Waals surface area contributed by atoms with E-state index in [9.17, 15) is 19.5 Å². The Hall–Kier alpha value is -7.65. The van der Waals surface area contributed by atoms with Crippen molar-refractivity contribution >= 4 is 29.8 Å². The molecular formula is C62H76N6O9. The molecule has 2 amide bonds. The molecule has 2 aromatic heterocycles. The molecule has 0 saturated carbocycles. The Bertz CT molecular complexity index is 2970. The number of nitrogens with two attached hydrogens (primary N) is 2. The van der Waals surface area contributed by atoms with E-state index in [2.05, 4.69) is 9.97 Å². The van der Waals surface area contributed by atoms with Crippen LogP contribution >= 0.6 is 0 Å². The van der Waals surface area contributed by atoms with E-state index >= 15 is 0 Å². The lowest BCUT2D eigenvalue weighted by atomic mass is 9.87. The molecule has 8 rings (SSSR count). The first kappa shape index (κ1) is 57.1. The summed E-state index contributed by atoms with van der Waals surface area (Å²) < 4.78 is 29.3. The van der Waals surface area contributed by atoms with Gasteiger partial charge in [-0.05, 0) is 147 Å². The minimum absolute atomic E-state index is 0.00914. The third kappa shape index (κ3) is 16.0. The van der Waals surface area contributed by atoms with Gasteiger partial charge in [0.05, 0.1) is 18.0 Å². The number of hydrogen-bond donors (Lipinski definition) is 3. The van der Waals surface area contributed by atoms with Crippen molar-refractivity contribution in [2.75, 3.05) is 37.6 Å². The largest absolute Gasteiger partial charge is 0.488 e. The number of piperidine rings is 2. The Morgan fingerprint density at radius 1 is 0.558 bits per heavy atom. The van der Waals surface area contributed by atoms with Gasteiger partial charge in [0.25, 0.3) is 0 Å². The van der Waals surface area contributed by atoms with Crippen molar-refractivity contribution in [3.63, 3.8) is 0 Å². The molecule has 15 nitrogen and oxygen atoms in total. The first-order valence-corrected chi connectivity index (χ1v) is 26.5. The lowest BCUT2D eigenvalue weighted by Crippen LogP contribution is -2.42. The predicted octanol–water partition coefficient (Wildman–Crippen LogP) is 12.5. The highest BCUT2D eigenvalue weighted by Gasteiger charge is 2.35. The number of rotatable bonds is 12. The molecule has 2 aliphatic heterocycles. The lowest BCUT2D eigenvalue weighted by Gasteiger charge is -2.35. The SMILES string of the molecule is CC(C)(C)OC(=O)N1CCCC(c2cc(-c3ccccc3OCc3ccccc3)nc(N)c2CO)C1.CC(C)(C)OC(=O)c1c(C2CCCN(C(=O)OC(C)(C)C)C2)cc(-c2ccccc2OCc2ccccc2)nc1N. The number of aromatic nitrogens is 2. The van der Waals surface area contributed by atoms with Crippen LogP contribution in [-0.4, -0.2) is 86.0 Å². The molecule has 4 aromatic carbocycles. The van der Waals surface area contributed by atoms with Crippen molar-refractivity contribution in [3.8, 4) is 34.0 Å². The van der Waals surface area contributed by atoms with Crippen LogP contribution in [0.3, 0.4) is 0 Å². The normalized spacial score (nSPS) is 15.9. The summed E-state index contributed by atoms with van der Waals surface area (Å²) in [4.78, 5) is 51.9. The Balaban J connectivity index is 0.000000225. The Kier molecular flexibility index (Phi) is 18.5. The van der Waals surface area contributed by atoms with Gasteiger partial charge < -0.3 is 50.1 Å². The molecule has 6 aromatic rings. The molecule has 2 aliphatic rings. The molecule has 77 heavy (non-hydrogen) atoms. The van der Waals surface area contributed by atoms with Gasteiger partial charge in [0.15, 0.2) is 0 Å². The van der Waals surface area contributed by atoms with Crippen molar-refractivity contribution < 1.29 is 43.2 Å². The van der Waals surface area contributed by atoms with Gasteiger partial charge in [0, 0.05) is 54.7 Å². The standard InChI is InChI=1S/C33H41N3O5.C29H35N3O4/c1-32(2,3)40-30(37)28-25(23-15-12-18-36(20-23)31(38)41-33(4,5)6)19-26(35-29(28)34)24-16-10-11-17-27(24)39-21-22-13-8-7-9-14-22;1-29(2,3)36-28(34)32-15-9-12-21(17-32)23-16-25(31-27(30)24(23)18-33)22-13-7-8-14-26(22)35-19-20-10-5-4-6-11-20/h7-11,13-14,16-17,19,23H,12,15,18,20-21H2,1-6H3,(H2,34,35);4-8,10-11,13-14,16,21,33H,9,12,15,17-19H2,1-3H3,(H2,30,31). The Morgan fingerprint density at radius 2 is 0.961 bits per heavy atom. The Morgan fingerprint density at radius 3 is 1.40 bits per heavy atom. The summed E-state index contributed by atoms with van der Waals surface area (Å²) in [6, 6.07) is 39.1. The summed E-state index contributed by atoms with van der Waals surface area (Å²) in [6.07, 6.45) is 2.54. The van der Waals surface area contributed by atoms with Gasteiger partial charge in [0.1, 0.15) is 58.7 Å². The second-order valence-electron chi connectivity index (χ2n) is 22.5. The van der Waals surface area contributed by atoms with E-state index in [0.29, 0.717) is 73.4 Å². The van der Waals surface area contributed by atoms with Crippen LogP contribution in [0.5, 0.6) is 11.5 Å². The predicted molar refractivity (Wildman–Crippen MR) is 300 cm³/mol. The maximum Gasteiger partial charge on any atom is 0.410 e. The molecule has 0 spiro atoms. The van der Waals surface area contributed by atoms with Crippen molar-refractivity contribution in [2.45, 2.75) is 136 Å². The maximum absolute atomic E-state index is 13.4. The van der Waals surface area contributed by atoms with E-state index in [1.54, 1.807) is 9.80 Å². The molecular weight excluding hydrogens is 973 g/mol. The first-order chi connectivity index (χ1) is 36.6. The van der Waals surface area contributed by atoms with Gasteiger partial charge in [-0.15, -0.1) is 0 Å². The highest BCUT2D eigenvalue weighted by molar-refractivity contribution is 5.97. The number of carbonyl (C=O) groups excluding carboxylic acids is 3. The minimum atomic E-state index is -0.716. The maximum atomic E-state index is 13.4. The van der Waals surface area contributed by atoms with Gasteiger partial charge in [0.2, 0.25) is 0 Å². The topological polar surface area (TPSA) is 202 Å². The number of benzene rings is 4. The molecule has 0 aliphatic carbocycles. The number of nitrogen functional groups attached to an aromatic ring is 2. The molecule has 2 atom stereocenters. The van der Waals surface area contributed by atoms with Crippen LogP contribution in [0.15, 0.2) is 121 Å². The number of pyridine rings is 2. The second-order valence-corrected chi connectivity index (χ2v) is 22.5. The smallest absolute Gasteiger partial charge is 0.410 e. The number of amides is 2. The number of aliphatic hydroxyl groups excluding tert-OH is 1. The van der Waals surface area contributed by atoms with E-state index < -0.39 is 22.8 Å². The van der Waals surface area contributed by atoms with Gasteiger partial charge in [-0.2, -0.15) is 0 Å². The summed E-state index contributed by atoms with van der Waals surface area (Å²) in [6.45, 7) is 19.3. The molecule has 0 bridgehead atoms. The van der Waals surface area contributed by atoms with Gasteiger partial charge in [-0.1, -0.05) is 84.9 Å². The number of carbonyl (C=O) groups is 3. The monoisotopic (exact) mass is 1050 g/mol. The number of anilines is 2. The lowest BCUT2D eigenvalue weighted by molar-refractivity contribution is 0.00671. The molecule has 2 unspecified atom stereocenters. The molecule has 2 fully saturated rings. The van der Waals surface area contributed by atoms with Crippen LogP contribution < -0.4 is 20.9 Å². The fourth-order valence-corrected chi connectivity index (χ4v) is 9.41. The molecule has 4 heterocycles. The van der Waals surface area contributed by atoms with E-state index in [1.165, 1.54) is 0 Å². The van der Waals surface area contributed by atoms with Crippen LogP contribution in [0.4, 0.5) is 21.2 Å². The van der Waals surface area contributed by atoms with E-state index in [4.69, 9.17) is 35.2 Å². The third-order valence-electron chi connectivity index (χ3n) is 12.9. The number of esters is 1. The van der Waals surface area contributed by atoms with Crippen LogP contribution in [0.2, 0.25) is 0 Å². The average molecular weight is 1050 g/mol. The summed E-state index contributed by atoms with van der Waals surface area (Å²) >= 11 is 0. The zero-order valence-electron chi connectivity index (χ0n) is 46.1. The third-order valence-corrected chi connectivity index (χ3v) is 12.9. The van der Waals surface area contributed by atoms with Crippen molar-refractivity contribution in [1.29, 1.82) is 0 Å². The van der Waals surface area contributed by atoms with Crippen molar-refractivity contribution in [2.24, 2.45) is 0 Å². The van der Waals surface area contributed by atoms with E-state index in [-0.39, 0.29) is 47.8 Å². The van der Waals surface area contributed by atoms with Gasteiger partial charge in [-0.3, -0.25) is 0 Å². The van der Waals surface area contributed by atoms with Crippen LogP contribution in [-0.2, 0) is 34.0 Å². The molecule has 0 radical (unpaired) electrons. The number of hydrogen-bond acceptors (Lipinski definition) is 13. The summed E-state index contributed by atoms with van der Waals surface area (Å²) in [5.41, 5.74) is 18.4. The zero-order chi connectivity index (χ0) is 55.5. The number of ether oxygens (including phenoxy) is 5. The van der Waals surface area contributed by atoms with Crippen molar-refractivity contribution in [3.05, 3.63) is 155 Å². The molecule has 5 N–H and O–H groups in total. The van der Waals surface area contributed by atoms with Gasteiger partial charge in [-0.25, -0.2) is 24.4 Å². The summed E-state index contributed by atoms with van der Waals surface area (Å²) in [7, 11) is 0. The Labute approximate surface area is 453 Å². The number of nitrogens with zero attached hydrogens (tertiary/aromatic N) is 4. The van der Waals surface area contributed by atoms with E-state index in [0.717, 1.165) is 53.5 Å². The van der Waals surface area contributed by atoms with Crippen LogP contribution in [0.25, 0.3) is 22.5 Å². The number of aliphatic hydroxyl groups is 1. The zero-order valence-corrected chi connectivity index (χ0v) is 46.1. The van der Waals surface area contributed by atoms with E-state index in [1.807, 2.05) is 184 Å². The quantitative estimate of drug-likeness (QED) is 0.0772. The summed E-state index contributed by atoms with van der Waals surface area (Å²) in [5.74, 6) is 1.03. The highest BCUT2D eigenvalue weighted by atomic mass is 16.6. The summed E-state index contributed by atoms with van der Waals surface area (Å²) in [5, 5.41) is 10.1. The second kappa shape index (κ2) is 25.0. The minimum Gasteiger partial charge on any atom is -0.488 e.